The van der Waals surface area contributed by atoms with E-state index in [1.807, 2.05) is 0 Å². The fraction of sp³-hybridized carbons (Fsp3) is 0.900. The van der Waals surface area contributed by atoms with Crippen molar-refractivity contribution >= 4 is 16.4 Å². The van der Waals surface area contributed by atoms with Crippen LogP contribution in [0.1, 0.15) is 32.6 Å². The maximum atomic E-state index is 4.30. The summed E-state index contributed by atoms with van der Waals surface area (Å²) in [7, 11) is 0.454. The van der Waals surface area contributed by atoms with Crippen molar-refractivity contribution in [2.45, 2.75) is 37.9 Å². The number of hydrogen-bond donors (Lipinski definition) is 1. The minimum Gasteiger partial charge on any atom is -0.317 e. The predicted molar refractivity (Wildman–Crippen MR) is 60.4 cm³/mol. The maximum Gasteiger partial charge on any atom is 0.00161 e. The summed E-state index contributed by atoms with van der Waals surface area (Å²) in [6, 6.07) is 0. The third kappa shape index (κ3) is 3.28. The molecule has 0 saturated carbocycles. The van der Waals surface area contributed by atoms with Gasteiger partial charge >= 0.3 is 0 Å². The van der Waals surface area contributed by atoms with Crippen molar-refractivity contribution in [2.75, 3.05) is 18.8 Å². The van der Waals surface area contributed by atoms with E-state index in [0.717, 1.165) is 5.25 Å². The van der Waals surface area contributed by atoms with Crippen molar-refractivity contribution in [3.63, 3.8) is 0 Å². The molecular weight excluding hydrogens is 166 g/mol. The summed E-state index contributed by atoms with van der Waals surface area (Å²) in [6.07, 6.45) is 5.41. The van der Waals surface area contributed by atoms with Gasteiger partial charge < -0.3 is 5.32 Å². The summed E-state index contributed by atoms with van der Waals surface area (Å²) in [4.78, 5) is 0. The fourth-order valence-corrected chi connectivity index (χ4v) is 3.52. The molecule has 1 saturated heterocycles. The molecule has 1 N–H and O–H groups in total. The largest absolute Gasteiger partial charge is 0.317 e. The normalized spacial score (nSPS) is 22.4. The zero-order chi connectivity index (χ0) is 8.81. The van der Waals surface area contributed by atoms with Gasteiger partial charge in [0.2, 0.25) is 0 Å². The molecule has 0 bridgehead atoms. The predicted octanol–water partition coefficient (Wildman–Crippen LogP) is 2.24. The second-order valence-corrected chi connectivity index (χ2v) is 5.69. The molecule has 0 aromatic carbocycles. The highest BCUT2D eigenvalue weighted by atomic mass is 32.2. The lowest BCUT2D eigenvalue weighted by Gasteiger charge is -2.25. The van der Waals surface area contributed by atoms with Crippen molar-refractivity contribution in [1.82, 2.24) is 5.32 Å². The zero-order valence-electron chi connectivity index (χ0n) is 8.14. The van der Waals surface area contributed by atoms with Crippen LogP contribution in [0, 0.1) is 0 Å². The summed E-state index contributed by atoms with van der Waals surface area (Å²) in [5.74, 6) is 5.66. The van der Waals surface area contributed by atoms with Crippen LogP contribution < -0.4 is 5.32 Å². The first kappa shape index (κ1) is 10.3. The van der Waals surface area contributed by atoms with Gasteiger partial charge in [0.05, 0.1) is 0 Å². The van der Waals surface area contributed by atoms with E-state index in [9.17, 15) is 0 Å². The van der Waals surface area contributed by atoms with E-state index >= 15 is 0 Å². The molecule has 0 aromatic rings. The lowest BCUT2D eigenvalue weighted by molar-refractivity contribution is 0.531. The van der Waals surface area contributed by atoms with E-state index in [4.69, 9.17) is 0 Å². The molecule has 12 heavy (non-hydrogen) atoms. The number of piperidine rings is 1. The summed E-state index contributed by atoms with van der Waals surface area (Å²) in [5, 5.41) is 4.33. The molecule has 72 valence electrons. The Morgan fingerprint density at radius 2 is 2.08 bits per heavy atom. The molecule has 0 aromatic heterocycles. The van der Waals surface area contributed by atoms with Crippen LogP contribution in [0.25, 0.3) is 0 Å². The van der Waals surface area contributed by atoms with Crippen LogP contribution in [0.4, 0.5) is 0 Å². The molecule has 1 aliphatic rings. The van der Waals surface area contributed by atoms with E-state index in [0.29, 0.717) is 10.5 Å². The molecule has 1 atom stereocenters. The van der Waals surface area contributed by atoms with Gasteiger partial charge in [0.1, 0.15) is 0 Å². The fourth-order valence-electron chi connectivity index (χ4n) is 1.63. The highest BCUT2D eigenvalue weighted by Gasteiger charge is 2.14. The van der Waals surface area contributed by atoms with Gasteiger partial charge in [0.15, 0.2) is 0 Å². The van der Waals surface area contributed by atoms with Gasteiger partial charge in [-0.3, -0.25) is 0 Å². The Hall–Kier alpha value is 0.180. The number of hydrogen-bond acceptors (Lipinski definition) is 1. The number of unbranched alkanes of at least 4 members (excludes halogenated alkanes) is 1. The van der Waals surface area contributed by atoms with Gasteiger partial charge in [-0.1, -0.05) is 19.2 Å². The van der Waals surface area contributed by atoms with Crippen LogP contribution in [0.3, 0.4) is 0 Å². The minimum absolute atomic E-state index is 0.454. The zero-order valence-corrected chi connectivity index (χ0v) is 8.96. The molecule has 1 unspecified atom stereocenters. The monoisotopic (exact) mass is 187 g/mol. The van der Waals surface area contributed by atoms with Gasteiger partial charge in [0, 0.05) is 5.25 Å². The second kappa shape index (κ2) is 5.76. The second-order valence-electron chi connectivity index (χ2n) is 3.54. The standard InChI is InChI=1S/C10H21NS/c1-3-4-9-12(2)10-5-7-11-8-6-10/h10-11H,2-9H2,1H3. The molecule has 1 rings (SSSR count). The Kier molecular flexibility index (Phi) is 4.93. The number of rotatable bonds is 4. The Morgan fingerprint density at radius 1 is 1.42 bits per heavy atom. The average Bonchev–Trinajstić information content (AvgIpc) is 2.15. The quantitative estimate of drug-likeness (QED) is 0.666. The Labute approximate surface area is 78.9 Å². The van der Waals surface area contributed by atoms with Crippen molar-refractivity contribution in [3.05, 3.63) is 0 Å². The van der Waals surface area contributed by atoms with Crippen LogP contribution in [0.15, 0.2) is 0 Å². The molecule has 0 amide bonds. The minimum atomic E-state index is 0.454. The van der Waals surface area contributed by atoms with Gasteiger partial charge in [-0.2, -0.15) is 10.5 Å². The molecule has 0 aliphatic carbocycles. The smallest absolute Gasteiger partial charge is 0.00161 e. The average molecular weight is 187 g/mol. The van der Waals surface area contributed by atoms with E-state index < -0.39 is 0 Å². The summed E-state index contributed by atoms with van der Waals surface area (Å²) >= 11 is 0. The third-order valence-corrected chi connectivity index (χ3v) is 4.74. The van der Waals surface area contributed by atoms with E-state index in [-0.39, 0.29) is 0 Å². The van der Waals surface area contributed by atoms with Crippen molar-refractivity contribution in [3.8, 4) is 0 Å². The molecule has 1 fully saturated rings. The lowest BCUT2D eigenvalue weighted by Crippen LogP contribution is -2.30. The molecule has 0 radical (unpaired) electrons. The Morgan fingerprint density at radius 3 is 2.67 bits per heavy atom. The van der Waals surface area contributed by atoms with E-state index in [1.165, 1.54) is 44.5 Å². The van der Waals surface area contributed by atoms with Crippen molar-refractivity contribution in [1.29, 1.82) is 0 Å². The SMILES string of the molecule is C=S(CCCC)C1CCNCC1. The van der Waals surface area contributed by atoms with E-state index in [2.05, 4.69) is 18.1 Å². The topological polar surface area (TPSA) is 12.0 Å². The maximum absolute atomic E-state index is 4.30. The summed E-state index contributed by atoms with van der Waals surface area (Å²) in [6.45, 7) is 4.70. The van der Waals surface area contributed by atoms with Gasteiger partial charge in [-0.15, -0.1) is 0 Å². The number of nitrogens with one attached hydrogen (secondary N) is 1. The lowest BCUT2D eigenvalue weighted by atomic mass is 10.2. The summed E-state index contributed by atoms with van der Waals surface area (Å²) in [5.41, 5.74) is 0. The molecule has 0 spiro atoms. The van der Waals surface area contributed by atoms with Gasteiger partial charge in [-0.05, 0) is 38.1 Å². The molecule has 1 heterocycles. The van der Waals surface area contributed by atoms with E-state index in [1.54, 1.807) is 0 Å². The molecular formula is C10H21NS. The van der Waals surface area contributed by atoms with Crippen molar-refractivity contribution in [2.24, 2.45) is 0 Å². The Balaban J connectivity index is 2.20. The summed E-state index contributed by atoms with van der Waals surface area (Å²) < 4.78 is 0. The first-order chi connectivity index (χ1) is 5.84. The molecule has 1 aliphatic heterocycles. The van der Waals surface area contributed by atoms with Gasteiger partial charge in [-0.25, -0.2) is 0 Å². The first-order valence-electron chi connectivity index (χ1n) is 5.04. The van der Waals surface area contributed by atoms with Crippen LogP contribution in [-0.4, -0.2) is 30.0 Å². The van der Waals surface area contributed by atoms with Crippen LogP contribution in [-0.2, 0) is 0 Å². The van der Waals surface area contributed by atoms with Crippen LogP contribution in [0.5, 0.6) is 0 Å². The highest BCUT2D eigenvalue weighted by molar-refractivity contribution is 8.14. The molecule has 2 heteroatoms. The molecule has 1 nitrogen and oxygen atoms in total. The third-order valence-electron chi connectivity index (χ3n) is 2.52. The highest BCUT2D eigenvalue weighted by Crippen LogP contribution is 2.26. The van der Waals surface area contributed by atoms with Crippen LogP contribution >= 0.6 is 10.5 Å². The Bertz CT molecular complexity index is 139. The van der Waals surface area contributed by atoms with Crippen LogP contribution in [0.2, 0.25) is 0 Å². The van der Waals surface area contributed by atoms with Gasteiger partial charge in [0.25, 0.3) is 0 Å². The first-order valence-corrected chi connectivity index (χ1v) is 6.67. The van der Waals surface area contributed by atoms with Crippen molar-refractivity contribution < 1.29 is 0 Å².